The van der Waals surface area contributed by atoms with Crippen molar-refractivity contribution in [2.45, 2.75) is 36.8 Å². The normalized spacial score (nSPS) is 23.9. The van der Waals surface area contributed by atoms with Gasteiger partial charge in [-0.25, -0.2) is 0 Å². The lowest BCUT2D eigenvalue weighted by Gasteiger charge is -2.12. The van der Waals surface area contributed by atoms with Gasteiger partial charge in [-0.15, -0.1) is 0 Å². The molecule has 0 saturated carbocycles. The van der Waals surface area contributed by atoms with E-state index in [1.165, 1.54) is 0 Å². The molecule has 0 aliphatic carbocycles. The quantitative estimate of drug-likeness (QED) is 0.864. The van der Waals surface area contributed by atoms with Gasteiger partial charge in [0.05, 0.1) is 12.7 Å². The van der Waals surface area contributed by atoms with Crippen LogP contribution in [-0.2, 0) is 4.74 Å². The lowest BCUT2D eigenvalue weighted by molar-refractivity contribution is 0.127. The van der Waals surface area contributed by atoms with Crippen LogP contribution in [0.4, 0.5) is 5.95 Å². The van der Waals surface area contributed by atoms with E-state index in [-0.39, 0.29) is 18.1 Å². The Kier molecular flexibility index (Phi) is 4.01. The van der Waals surface area contributed by atoms with Crippen LogP contribution in [0.3, 0.4) is 0 Å². The van der Waals surface area contributed by atoms with E-state index in [1.54, 1.807) is 11.8 Å². The maximum absolute atomic E-state index is 5.61. The summed E-state index contributed by atoms with van der Waals surface area (Å²) >= 11 is 1.57. The van der Waals surface area contributed by atoms with Crippen LogP contribution < -0.4 is 10.5 Å². The fraction of sp³-hybridized carbons (Fsp3) is 0.700. The van der Waals surface area contributed by atoms with Gasteiger partial charge < -0.3 is 15.2 Å². The lowest BCUT2D eigenvalue weighted by atomic mass is 10.3. The summed E-state index contributed by atoms with van der Waals surface area (Å²) in [4.78, 5) is 12.2. The maximum Gasteiger partial charge on any atom is 0.322 e. The molecule has 1 fully saturated rings. The number of aromatic nitrogens is 3. The van der Waals surface area contributed by atoms with E-state index >= 15 is 0 Å². The number of anilines is 1. The highest BCUT2D eigenvalue weighted by molar-refractivity contribution is 7.99. The van der Waals surface area contributed by atoms with Crippen LogP contribution in [0.2, 0.25) is 0 Å². The van der Waals surface area contributed by atoms with E-state index in [9.17, 15) is 0 Å². The monoisotopic (exact) mass is 256 g/mol. The minimum Gasteiger partial charge on any atom is -0.464 e. The second kappa shape index (κ2) is 5.50. The second-order valence-electron chi connectivity index (χ2n) is 3.71. The highest BCUT2D eigenvalue weighted by Crippen LogP contribution is 2.31. The molecule has 1 aromatic heterocycles. The summed E-state index contributed by atoms with van der Waals surface area (Å²) in [5, 5.41) is 0.967. The lowest BCUT2D eigenvalue weighted by Crippen LogP contribution is -2.14. The van der Waals surface area contributed by atoms with Crippen molar-refractivity contribution in [1.82, 2.24) is 15.0 Å². The molecule has 1 aliphatic heterocycles. The molecule has 1 aliphatic rings. The molecule has 1 aromatic rings. The first kappa shape index (κ1) is 12.4. The first-order valence-corrected chi connectivity index (χ1v) is 6.49. The van der Waals surface area contributed by atoms with Crippen molar-refractivity contribution in [2.24, 2.45) is 0 Å². The van der Waals surface area contributed by atoms with Crippen LogP contribution in [0, 0.1) is 0 Å². The molecule has 2 unspecified atom stereocenters. The highest BCUT2D eigenvalue weighted by atomic mass is 32.2. The first-order chi connectivity index (χ1) is 8.19. The average molecular weight is 256 g/mol. The van der Waals surface area contributed by atoms with Gasteiger partial charge in [0.2, 0.25) is 5.95 Å². The van der Waals surface area contributed by atoms with E-state index < -0.39 is 0 Å². The molecule has 1 saturated heterocycles. The number of nitrogens with zero attached hydrogens (tertiary/aromatic N) is 3. The third-order valence-electron chi connectivity index (χ3n) is 2.45. The van der Waals surface area contributed by atoms with Crippen molar-refractivity contribution in [2.75, 3.05) is 18.9 Å². The van der Waals surface area contributed by atoms with Gasteiger partial charge in [0, 0.05) is 11.9 Å². The Balaban J connectivity index is 2.09. The Morgan fingerprint density at radius 2 is 2.29 bits per heavy atom. The van der Waals surface area contributed by atoms with Gasteiger partial charge in [0.15, 0.2) is 5.16 Å². The predicted molar refractivity (Wildman–Crippen MR) is 65.1 cm³/mol. The van der Waals surface area contributed by atoms with Crippen LogP contribution in [0.1, 0.15) is 20.3 Å². The molecule has 6 nitrogen and oxygen atoms in total. The zero-order chi connectivity index (χ0) is 12.3. The van der Waals surface area contributed by atoms with E-state index in [4.69, 9.17) is 15.2 Å². The molecule has 2 atom stereocenters. The molecule has 94 valence electrons. The zero-order valence-corrected chi connectivity index (χ0v) is 10.7. The van der Waals surface area contributed by atoms with Crippen molar-refractivity contribution in [3.63, 3.8) is 0 Å². The largest absolute Gasteiger partial charge is 0.464 e. The molecular formula is C10H16N4O2S. The number of thioether (sulfide) groups is 1. The summed E-state index contributed by atoms with van der Waals surface area (Å²) < 4.78 is 10.7. The maximum atomic E-state index is 5.61. The molecule has 0 radical (unpaired) electrons. The Morgan fingerprint density at radius 3 is 2.94 bits per heavy atom. The fourth-order valence-corrected chi connectivity index (χ4v) is 2.63. The number of ether oxygens (including phenoxy) is 2. The minimum atomic E-state index is 0.192. The van der Waals surface area contributed by atoms with E-state index in [1.807, 2.05) is 6.92 Å². The highest BCUT2D eigenvalue weighted by Gasteiger charge is 2.26. The van der Waals surface area contributed by atoms with Gasteiger partial charge in [0.25, 0.3) is 0 Å². The van der Waals surface area contributed by atoms with Crippen molar-refractivity contribution in [3.8, 4) is 6.01 Å². The van der Waals surface area contributed by atoms with Gasteiger partial charge in [-0.1, -0.05) is 11.8 Å². The number of nitrogens with two attached hydrogens (primary N) is 1. The fourth-order valence-electron chi connectivity index (χ4n) is 1.60. The molecule has 0 bridgehead atoms. The standard InChI is InChI=1S/C10H16N4O2S/c1-3-15-9-12-8(11)13-10(14-9)17-7-4-5-16-6(7)2/h6-7H,3-5H2,1-2H3,(H2,11,12,13,14). The van der Waals surface area contributed by atoms with Gasteiger partial charge >= 0.3 is 6.01 Å². The summed E-state index contributed by atoms with van der Waals surface area (Å²) in [6.45, 7) is 5.23. The Morgan fingerprint density at radius 1 is 1.47 bits per heavy atom. The number of nitrogen functional groups attached to an aromatic ring is 1. The molecule has 2 rings (SSSR count). The molecule has 0 aromatic carbocycles. The minimum absolute atomic E-state index is 0.192. The zero-order valence-electron chi connectivity index (χ0n) is 9.92. The van der Waals surface area contributed by atoms with Gasteiger partial charge in [-0.05, 0) is 20.3 Å². The summed E-state index contributed by atoms with van der Waals surface area (Å²) in [6.07, 6.45) is 1.22. The molecule has 2 heterocycles. The van der Waals surface area contributed by atoms with Crippen LogP contribution in [-0.4, -0.2) is 39.5 Å². The predicted octanol–water partition coefficient (Wildman–Crippen LogP) is 1.12. The Bertz CT molecular complexity index is 391. The van der Waals surface area contributed by atoms with Gasteiger partial charge in [0.1, 0.15) is 0 Å². The van der Waals surface area contributed by atoms with Crippen LogP contribution in [0.25, 0.3) is 0 Å². The van der Waals surface area contributed by atoms with Crippen molar-refractivity contribution < 1.29 is 9.47 Å². The average Bonchev–Trinajstić information content (AvgIpc) is 2.64. The van der Waals surface area contributed by atoms with Crippen LogP contribution >= 0.6 is 11.8 Å². The first-order valence-electron chi connectivity index (χ1n) is 5.61. The molecule has 7 heteroatoms. The third kappa shape index (κ3) is 3.19. The van der Waals surface area contributed by atoms with E-state index in [2.05, 4.69) is 21.9 Å². The smallest absolute Gasteiger partial charge is 0.322 e. The van der Waals surface area contributed by atoms with Crippen LogP contribution in [0.15, 0.2) is 5.16 Å². The Labute approximate surface area is 104 Å². The van der Waals surface area contributed by atoms with E-state index in [0.29, 0.717) is 17.0 Å². The molecule has 0 amide bonds. The molecule has 2 N–H and O–H groups in total. The van der Waals surface area contributed by atoms with E-state index in [0.717, 1.165) is 13.0 Å². The third-order valence-corrected chi connectivity index (χ3v) is 3.76. The summed E-state index contributed by atoms with van der Waals surface area (Å²) in [5.41, 5.74) is 5.61. The molecule has 0 spiro atoms. The summed E-state index contributed by atoms with van der Waals surface area (Å²) in [5.74, 6) is 0.192. The van der Waals surface area contributed by atoms with Gasteiger partial charge in [-0.2, -0.15) is 15.0 Å². The number of rotatable bonds is 4. The number of hydrogen-bond donors (Lipinski definition) is 1. The number of hydrogen-bond acceptors (Lipinski definition) is 7. The second-order valence-corrected chi connectivity index (χ2v) is 4.92. The molecule has 17 heavy (non-hydrogen) atoms. The van der Waals surface area contributed by atoms with Gasteiger partial charge in [-0.3, -0.25) is 0 Å². The summed E-state index contributed by atoms with van der Waals surface area (Å²) in [7, 11) is 0. The summed E-state index contributed by atoms with van der Waals surface area (Å²) in [6, 6.07) is 0.286. The van der Waals surface area contributed by atoms with Crippen LogP contribution in [0.5, 0.6) is 6.01 Å². The van der Waals surface area contributed by atoms with Crippen molar-refractivity contribution >= 4 is 17.7 Å². The Hall–Kier alpha value is -1.08. The SMILES string of the molecule is CCOc1nc(N)nc(SC2CCOC2C)n1. The molecular weight excluding hydrogens is 240 g/mol. The van der Waals surface area contributed by atoms with Crippen molar-refractivity contribution in [1.29, 1.82) is 0 Å². The van der Waals surface area contributed by atoms with Crippen molar-refractivity contribution in [3.05, 3.63) is 0 Å². The topological polar surface area (TPSA) is 83.2 Å².